The molecular weight excluding hydrogens is 402 g/mol. The maximum atomic E-state index is 13.0. The molecular formula is C23H34ClN3O3. The highest BCUT2D eigenvalue weighted by Crippen LogP contribution is 2.28. The Morgan fingerprint density at radius 1 is 1.00 bits per heavy atom. The molecule has 0 bridgehead atoms. The van der Waals surface area contributed by atoms with Crippen LogP contribution in [0.2, 0.25) is 5.02 Å². The number of carbonyl (C=O) groups excluding carboxylic acids is 2. The predicted molar refractivity (Wildman–Crippen MR) is 119 cm³/mol. The Kier molecular flexibility index (Phi) is 7.30. The molecule has 1 unspecified atom stereocenters. The van der Waals surface area contributed by atoms with E-state index in [9.17, 15) is 9.59 Å². The zero-order chi connectivity index (χ0) is 21.9. The maximum Gasteiger partial charge on any atom is 0.410 e. The van der Waals surface area contributed by atoms with Gasteiger partial charge >= 0.3 is 6.09 Å². The molecule has 1 aromatic rings. The van der Waals surface area contributed by atoms with E-state index >= 15 is 0 Å². The van der Waals surface area contributed by atoms with E-state index in [0.717, 1.165) is 36.8 Å². The highest BCUT2D eigenvalue weighted by atomic mass is 35.5. The highest BCUT2D eigenvalue weighted by molar-refractivity contribution is 6.31. The van der Waals surface area contributed by atoms with Gasteiger partial charge in [-0.1, -0.05) is 29.8 Å². The minimum atomic E-state index is -0.495. The normalized spacial score (nSPS) is 20.2. The van der Waals surface area contributed by atoms with E-state index in [1.54, 1.807) is 4.90 Å². The number of nitrogens with zero attached hydrogens (tertiary/aromatic N) is 3. The molecule has 2 aliphatic heterocycles. The Morgan fingerprint density at radius 3 is 2.17 bits per heavy atom. The van der Waals surface area contributed by atoms with Crippen LogP contribution in [0.25, 0.3) is 0 Å². The topological polar surface area (TPSA) is 53.1 Å². The van der Waals surface area contributed by atoms with Crippen LogP contribution in [0.1, 0.15) is 52.1 Å². The molecule has 0 spiro atoms. The molecule has 30 heavy (non-hydrogen) atoms. The lowest BCUT2D eigenvalue weighted by Gasteiger charge is -2.40. The second-order valence-electron chi connectivity index (χ2n) is 9.30. The summed E-state index contributed by atoms with van der Waals surface area (Å²) in [5.74, 6) is 0.222. The van der Waals surface area contributed by atoms with Crippen LogP contribution in [-0.2, 0) is 9.53 Å². The summed E-state index contributed by atoms with van der Waals surface area (Å²) in [6.07, 6.45) is 1.12. The van der Waals surface area contributed by atoms with Crippen LogP contribution >= 0.6 is 11.6 Å². The third-order valence-corrected chi connectivity index (χ3v) is 6.37. The van der Waals surface area contributed by atoms with Crippen LogP contribution in [0.4, 0.5) is 4.79 Å². The Hall–Kier alpha value is -1.79. The number of hydrogen-bond donors (Lipinski definition) is 0. The van der Waals surface area contributed by atoms with Crippen molar-refractivity contribution in [3.8, 4) is 0 Å². The van der Waals surface area contributed by atoms with Gasteiger partial charge in [-0.3, -0.25) is 9.69 Å². The van der Waals surface area contributed by atoms with Gasteiger partial charge in [0.25, 0.3) is 0 Å². The van der Waals surface area contributed by atoms with Gasteiger partial charge in [-0.15, -0.1) is 0 Å². The lowest BCUT2D eigenvalue weighted by Crippen LogP contribution is -2.52. The monoisotopic (exact) mass is 435 g/mol. The van der Waals surface area contributed by atoms with Gasteiger partial charge in [0, 0.05) is 56.3 Å². The Morgan fingerprint density at radius 2 is 1.60 bits per heavy atom. The lowest BCUT2D eigenvalue weighted by molar-refractivity contribution is -0.139. The number of benzene rings is 1. The molecule has 6 nitrogen and oxygen atoms in total. The number of likely N-dealkylation sites (tertiary alicyclic amines) is 1. The van der Waals surface area contributed by atoms with Gasteiger partial charge in [0.05, 0.1) is 0 Å². The molecule has 0 aromatic heterocycles. The van der Waals surface area contributed by atoms with E-state index in [-0.39, 0.29) is 24.0 Å². The van der Waals surface area contributed by atoms with E-state index < -0.39 is 5.60 Å². The molecule has 0 radical (unpaired) electrons. The van der Waals surface area contributed by atoms with Crippen molar-refractivity contribution in [3.05, 3.63) is 34.9 Å². The Balaban J connectivity index is 1.47. The summed E-state index contributed by atoms with van der Waals surface area (Å²) >= 11 is 6.36. The van der Waals surface area contributed by atoms with Crippen molar-refractivity contribution in [2.75, 3.05) is 39.3 Å². The summed E-state index contributed by atoms with van der Waals surface area (Å²) in [7, 11) is 0. The number of piperazine rings is 1. The van der Waals surface area contributed by atoms with Gasteiger partial charge in [-0.2, -0.15) is 0 Å². The molecule has 0 aliphatic carbocycles. The van der Waals surface area contributed by atoms with Crippen LogP contribution in [0.5, 0.6) is 0 Å². The zero-order valence-corrected chi connectivity index (χ0v) is 19.3. The number of amides is 2. The van der Waals surface area contributed by atoms with Crippen LogP contribution in [0.15, 0.2) is 24.3 Å². The van der Waals surface area contributed by atoms with Crippen molar-refractivity contribution in [1.29, 1.82) is 0 Å². The Bertz CT molecular complexity index is 748. The molecule has 2 saturated heterocycles. The van der Waals surface area contributed by atoms with Gasteiger partial charge in [0.15, 0.2) is 0 Å². The van der Waals surface area contributed by atoms with Gasteiger partial charge in [0.1, 0.15) is 5.60 Å². The average Bonchev–Trinajstić information content (AvgIpc) is 2.72. The van der Waals surface area contributed by atoms with Gasteiger partial charge in [-0.05, 0) is 52.2 Å². The van der Waals surface area contributed by atoms with Gasteiger partial charge in [-0.25, -0.2) is 4.79 Å². The molecule has 166 valence electrons. The SMILES string of the molecule is CC(c1ccccc1Cl)N1CCN(C(=O)C2CCN(C(=O)OC(C)(C)C)CC2)CC1. The summed E-state index contributed by atoms with van der Waals surface area (Å²) < 4.78 is 5.44. The molecule has 2 fully saturated rings. The molecule has 0 N–H and O–H groups in total. The molecule has 2 amide bonds. The van der Waals surface area contributed by atoms with E-state index in [2.05, 4.69) is 17.9 Å². The molecule has 1 aromatic carbocycles. The first-order chi connectivity index (χ1) is 14.2. The number of halogens is 1. The van der Waals surface area contributed by atoms with E-state index in [1.807, 2.05) is 43.9 Å². The van der Waals surface area contributed by atoms with Crippen LogP contribution < -0.4 is 0 Å². The maximum absolute atomic E-state index is 13.0. The third-order valence-electron chi connectivity index (χ3n) is 6.02. The first kappa shape index (κ1) is 22.9. The van der Waals surface area contributed by atoms with E-state index in [4.69, 9.17) is 16.3 Å². The molecule has 7 heteroatoms. The molecule has 2 aliphatic rings. The molecule has 3 rings (SSSR count). The Labute approximate surface area is 185 Å². The van der Waals surface area contributed by atoms with Crippen molar-refractivity contribution >= 4 is 23.6 Å². The molecule has 0 saturated carbocycles. The van der Waals surface area contributed by atoms with Crippen molar-refractivity contribution in [2.24, 2.45) is 5.92 Å². The summed E-state index contributed by atoms with van der Waals surface area (Å²) in [4.78, 5) is 31.3. The number of ether oxygens (including phenoxy) is 1. The lowest BCUT2D eigenvalue weighted by atomic mass is 9.95. The van der Waals surface area contributed by atoms with E-state index in [0.29, 0.717) is 25.9 Å². The number of hydrogen-bond acceptors (Lipinski definition) is 4. The number of piperidine rings is 1. The van der Waals surface area contributed by atoms with Gasteiger partial charge in [0.2, 0.25) is 5.91 Å². The smallest absolute Gasteiger partial charge is 0.410 e. The first-order valence-electron chi connectivity index (χ1n) is 10.9. The standard InChI is InChI=1S/C23H34ClN3O3/c1-17(19-7-5-6-8-20(19)24)25-13-15-26(16-14-25)21(28)18-9-11-27(12-10-18)22(29)30-23(2,3)4/h5-8,17-18H,9-16H2,1-4H3. The number of carbonyl (C=O) groups is 2. The van der Waals surface area contributed by atoms with E-state index in [1.165, 1.54) is 0 Å². The fourth-order valence-electron chi connectivity index (χ4n) is 4.23. The quantitative estimate of drug-likeness (QED) is 0.714. The summed E-state index contributed by atoms with van der Waals surface area (Å²) in [5.41, 5.74) is 0.637. The number of rotatable bonds is 3. The molecule has 2 heterocycles. The largest absolute Gasteiger partial charge is 0.444 e. The van der Waals surface area contributed by atoms with Crippen LogP contribution in [-0.4, -0.2) is 71.6 Å². The van der Waals surface area contributed by atoms with Crippen LogP contribution in [0.3, 0.4) is 0 Å². The highest BCUT2D eigenvalue weighted by Gasteiger charge is 2.33. The van der Waals surface area contributed by atoms with Crippen molar-refractivity contribution in [2.45, 2.75) is 52.2 Å². The van der Waals surface area contributed by atoms with Gasteiger partial charge < -0.3 is 14.5 Å². The fraction of sp³-hybridized carbons (Fsp3) is 0.652. The third kappa shape index (κ3) is 5.67. The zero-order valence-electron chi connectivity index (χ0n) is 18.6. The minimum Gasteiger partial charge on any atom is -0.444 e. The fourth-order valence-corrected chi connectivity index (χ4v) is 4.53. The second-order valence-corrected chi connectivity index (χ2v) is 9.71. The van der Waals surface area contributed by atoms with Crippen molar-refractivity contribution in [1.82, 2.24) is 14.7 Å². The summed E-state index contributed by atoms with van der Waals surface area (Å²) in [6.45, 7) is 12.1. The van der Waals surface area contributed by atoms with Crippen molar-refractivity contribution in [3.63, 3.8) is 0 Å². The first-order valence-corrected chi connectivity index (χ1v) is 11.3. The van der Waals surface area contributed by atoms with Crippen molar-refractivity contribution < 1.29 is 14.3 Å². The second kappa shape index (κ2) is 9.56. The minimum absolute atomic E-state index is 0.00349. The molecule has 1 atom stereocenters. The average molecular weight is 436 g/mol. The summed E-state index contributed by atoms with van der Waals surface area (Å²) in [5, 5.41) is 0.792. The van der Waals surface area contributed by atoms with Crippen LogP contribution in [0, 0.1) is 5.92 Å². The predicted octanol–water partition coefficient (Wildman–Crippen LogP) is 4.19. The summed E-state index contributed by atoms with van der Waals surface area (Å²) in [6, 6.07) is 8.19.